The van der Waals surface area contributed by atoms with Gasteiger partial charge in [-0.25, -0.2) is 8.78 Å². The lowest BCUT2D eigenvalue weighted by molar-refractivity contribution is 0.264. The van der Waals surface area contributed by atoms with Gasteiger partial charge in [-0.05, 0) is 26.0 Å². The van der Waals surface area contributed by atoms with Gasteiger partial charge in [-0.15, -0.1) is 0 Å². The summed E-state index contributed by atoms with van der Waals surface area (Å²) in [5.41, 5.74) is 0. The third-order valence-corrected chi connectivity index (χ3v) is 1.59. The molecule has 4 heteroatoms. The highest BCUT2D eigenvalue weighted by Crippen LogP contribution is 2.33. The van der Waals surface area contributed by atoms with E-state index < -0.39 is 11.6 Å². The van der Waals surface area contributed by atoms with Gasteiger partial charge in [0.2, 0.25) is 0 Å². The first-order valence-electron chi connectivity index (χ1n) is 4.44. The maximum atomic E-state index is 13.2. The Bertz CT molecular complexity index is 282. The third kappa shape index (κ3) is 2.13. The molecule has 0 aliphatic rings. The molecule has 0 N–H and O–H groups in total. The number of rotatable bonds is 4. The Balaban J connectivity index is 3.12. The van der Waals surface area contributed by atoms with Crippen molar-refractivity contribution in [2.75, 3.05) is 13.2 Å². The molecule has 0 aliphatic carbocycles. The summed E-state index contributed by atoms with van der Waals surface area (Å²) in [5, 5.41) is 0. The molecule has 0 bridgehead atoms. The smallest absolute Gasteiger partial charge is 0.200 e. The van der Waals surface area contributed by atoms with Crippen LogP contribution >= 0.6 is 0 Å². The Morgan fingerprint density at radius 1 is 0.929 bits per heavy atom. The van der Waals surface area contributed by atoms with Crippen LogP contribution in [0, 0.1) is 11.6 Å². The zero-order chi connectivity index (χ0) is 10.6. The van der Waals surface area contributed by atoms with E-state index >= 15 is 0 Å². The van der Waals surface area contributed by atoms with Crippen LogP contribution < -0.4 is 9.47 Å². The van der Waals surface area contributed by atoms with E-state index in [1.165, 1.54) is 0 Å². The topological polar surface area (TPSA) is 18.5 Å². The van der Waals surface area contributed by atoms with Crippen LogP contribution in [0.25, 0.3) is 0 Å². The SMILES string of the molecule is CCOc1c(F)ccc(F)c1OCC. The van der Waals surface area contributed by atoms with Gasteiger partial charge in [0.15, 0.2) is 23.1 Å². The molecule has 0 spiro atoms. The largest absolute Gasteiger partial charge is 0.487 e. The summed E-state index contributed by atoms with van der Waals surface area (Å²) >= 11 is 0. The van der Waals surface area contributed by atoms with Crippen molar-refractivity contribution in [3.63, 3.8) is 0 Å². The summed E-state index contributed by atoms with van der Waals surface area (Å²) in [6, 6.07) is 2.03. The second-order valence-electron chi connectivity index (χ2n) is 2.55. The van der Waals surface area contributed by atoms with Crippen LogP contribution in [-0.4, -0.2) is 13.2 Å². The average molecular weight is 202 g/mol. The van der Waals surface area contributed by atoms with Gasteiger partial charge < -0.3 is 9.47 Å². The van der Waals surface area contributed by atoms with Gasteiger partial charge >= 0.3 is 0 Å². The van der Waals surface area contributed by atoms with Crippen molar-refractivity contribution in [1.82, 2.24) is 0 Å². The van der Waals surface area contributed by atoms with E-state index in [-0.39, 0.29) is 24.7 Å². The van der Waals surface area contributed by atoms with Crippen LogP contribution in [0.5, 0.6) is 11.5 Å². The molecule has 0 unspecified atom stereocenters. The summed E-state index contributed by atoms with van der Waals surface area (Å²) in [6.45, 7) is 3.92. The minimum absolute atomic E-state index is 0.158. The first-order valence-corrected chi connectivity index (χ1v) is 4.44. The summed E-state index contributed by atoms with van der Waals surface area (Å²) in [6.07, 6.45) is 0. The number of hydrogen-bond acceptors (Lipinski definition) is 2. The Kier molecular flexibility index (Phi) is 3.68. The van der Waals surface area contributed by atoms with E-state index in [4.69, 9.17) is 9.47 Å². The van der Waals surface area contributed by atoms with Crippen molar-refractivity contribution in [2.45, 2.75) is 13.8 Å². The maximum absolute atomic E-state index is 13.2. The summed E-state index contributed by atoms with van der Waals surface area (Å²) in [5.74, 6) is -1.54. The molecule has 1 rings (SSSR count). The normalized spacial score (nSPS) is 10.0. The van der Waals surface area contributed by atoms with Crippen LogP contribution in [0.4, 0.5) is 8.78 Å². The van der Waals surface area contributed by atoms with E-state index in [9.17, 15) is 8.78 Å². The predicted molar refractivity (Wildman–Crippen MR) is 48.7 cm³/mol. The molecule has 0 atom stereocenters. The molecule has 14 heavy (non-hydrogen) atoms. The van der Waals surface area contributed by atoms with E-state index in [1.807, 2.05) is 0 Å². The molecule has 78 valence electrons. The molecule has 0 fully saturated rings. The van der Waals surface area contributed by atoms with E-state index in [0.717, 1.165) is 12.1 Å². The molecule has 0 amide bonds. The van der Waals surface area contributed by atoms with E-state index in [1.54, 1.807) is 13.8 Å². The summed E-state index contributed by atoms with van der Waals surface area (Å²) < 4.78 is 36.3. The van der Waals surface area contributed by atoms with Gasteiger partial charge in [-0.1, -0.05) is 0 Å². The van der Waals surface area contributed by atoms with Crippen LogP contribution in [0.15, 0.2) is 12.1 Å². The van der Waals surface area contributed by atoms with Crippen LogP contribution in [0.3, 0.4) is 0 Å². The molecule has 0 aliphatic heterocycles. The molecule has 0 radical (unpaired) electrons. The molecular formula is C10H12F2O2. The van der Waals surface area contributed by atoms with E-state index in [0.29, 0.717) is 0 Å². The summed E-state index contributed by atoms with van der Waals surface area (Å²) in [4.78, 5) is 0. The highest BCUT2D eigenvalue weighted by atomic mass is 19.1. The zero-order valence-electron chi connectivity index (χ0n) is 8.14. The van der Waals surface area contributed by atoms with Crippen molar-refractivity contribution in [3.8, 4) is 11.5 Å². The zero-order valence-corrected chi connectivity index (χ0v) is 8.14. The minimum atomic E-state index is -0.614. The lowest BCUT2D eigenvalue weighted by atomic mass is 10.3. The highest BCUT2D eigenvalue weighted by Gasteiger charge is 2.15. The number of hydrogen-bond donors (Lipinski definition) is 0. The molecule has 0 saturated heterocycles. The number of ether oxygens (including phenoxy) is 2. The second-order valence-corrected chi connectivity index (χ2v) is 2.55. The Hall–Kier alpha value is -1.32. The predicted octanol–water partition coefficient (Wildman–Crippen LogP) is 2.76. The fourth-order valence-electron chi connectivity index (χ4n) is 1.07. The van der Waals surface area contributed by atoms with Crippen molar-refractivity contribution in [2.24, 2.45) is 0 Å². The molecular weight excluding hydrogens is 190 g/mol. The monoisotopic (exact) mass is 202 g/mol. The van der Waals surface area contributed by atoms with Crippen LogP contribution in [0.1, 0.15) is 13.8 Å². The second kappa shape index (κ2) is 4.79. The fourth-order valence-corrected chi connectivity index (χ4v) is 1.07. The minimum Gasteiger partial charge on any atom is -0.487 e. The van der Waals surface area contributed by atoms with Gasteiger partial charge in [-0.3, -0.25) is 0 Å². The number of benzene rings is 1. The van der Waals surface area contributed by atoms with Crippen molar-refractivity contribution in [1.29, 1.82) is 0 Å². The molecule has 0 aromatic heterocycles. The quantitative estimate of drug-likeness (QED) is 0.747. The van der Waals surface area contributed by atoms with Crippen molar-refractivity contribution < 1.29 is 18.3 Å². The lowest BCUT2D eigenvalue weighted by Gasteiger charge is -2.11. The fraction of sp³-hybridized carbons (Fsp3) is 0.400. The van der Waals surface area contributed by atoms with Gasteiger partial charge in [0.25, 0.3) is 0 Å². The van der Waals surface area contributed by atoms with Gasteiger partial charge in [0.1, 0.15) is 0 Å². The lowest BCUT2D eigenvalue weighted by Crippen LogP contribution is -2.02. The molecule has 2 nitrogen and oxygen atoms in total. The first kappa shape index (κ1) is 10.8. The molecule has 0 heterocycles. The molecule has 0 saturated carbocycles. The van der Waals surface area contributed by atoms with Crippen LogP contribution in [0.2, 0.25) is 0 Å². The third-order valence-electron chi connectivity index (χ3n) is 1.59. The Labute approximate surface area is 81.4 Å². The van der Waals surface area contributed by atoms with E-state index in [2.05, 4.69) is 0 Å². The van der Waals surface area contributed by atoms with Gasteiger partial charge in [0, 0.05) is 0 Å². The average Bonchev–Trinajstić information content (AvgIpc) is 2.17. The van der Waals surface area contributed by atoms with Gasteiger partial charge in [-0.2, -0.15) is 0 Å². The van der Waals surface area contributed by atoms with Gasteiger partial charge in [0.05, 0.1) is 13.2 Å². The summed E-state index contributed by atoms with van der Waals surface area (Å²) in [7, 11) is 0. The maximum Gasteiger partial charge on any atom is 0.200 e. The van der Waals surface area contributed by atoms with Crippen LogP contribution in [-0.2, 0) is 0 Å². The first-order chi connectivity index (χ1) is 6.70. The molecule has 1 aromatic rings. The molecule has 1 aromatic carbocycles. The standard InChI is InChI=1S/C10H12F2O2/c1-3-13-9-7(11)5-6-8(12)10(9)14-4-2/h5-6H,3-4H2,1-2H3. The number of halogens is 2. The highest BCUT2D eigenvalue weighted by molar-refractivity contribution is 5.42. The van der Waals surface area contributed by atoms with Crippen molar-refractivity contribution >= 4 is 0 Å². The Morgan fingerprint density at radius 2 is 1.29 bits per heavy atom. The van der Waals surface area contributed by atoms with Crippen molar-refractivity contribution in [3.05, 3.63) is 23.8 Å². The Morgan fingerprint density at radius 3 is 1.57 bits per heavy atom.